The maximum Gasteiger partial charge on any atom is 0.320 e. The zero-order chi connectivity index (χ0) is 17.1. The molecule has 24 heavy (non-hydrogen) atoms. The molecular weight excluding hydrogens is 330 g/mol. The second-order valence-corrected chi connectivity index (χ2v) is 7.21. The Hall–Kier alpha value is -1.16. The lowest BCUT2D eigenvalue weighted by Gasteiger charge is -2.27. The molecule has 0 bridgehead atoms. The number of nitrogens with zero attached hydrogens (tertiary/aromatic N) is 3. The van der Waals surface area contributed by atoms with Crippen LogP contribution in [0, 0.1) is 0 Å². The average Bonchev–Trinajstić information content (AvgIpc) is 3.14. The van der Waals surface area contributed by atoms with Crippen molar-refractivity contribution in [2.24, 2.45) is 0 Å². The van der Waals surface area contributed by atoms with E-state index in [1.54, 1.807) is 9.21 Å². The van der Waals surface area contributed by atoms with Crippen molar-refractivity contribution in [2.75, 3.05) is 19.6 Å². The van der Waals surface area contributed by atoms with E-state index in [1.807, 2.05) is 35.2 Å². The number of hydrogen-bond acceptors (Lipinski definition) is 7. The van der Waals surface area contributed by atoms with Gasteiger partial charge in [0.25, 0.3) is 0 Å². The van der Waals surface area contributed by atoms with E-state index in [-0.39, 0.29) is 0 Å². The van der Waals surface area contributed by atoms with E-state index in [0.29, 0.717) is 26.1 Å². The van der Waals surface area contributed by atoms with Crippen molar-refractivity contribution >= 4 is 17.9 Å². The van der Waals surface area contributed by atoms with Crippen LogP contribution in [-0.2, 0) is 11.3 Å². The molecule has 0 aromatic heterocycles. The van der Waals surface area contributed by atoms with E-state index in [9.17, 15) is 20.1 Å². The lowest BCUT2D eigenvalue weighted by molar-refractivity contribution is -0.142. The van der Waals surface area contributed by atoms with E-state index in [2.05, 4.69) is 0 Å². The number of carboxylic acid groups (broad SMARTS) is 1. The largest absolute Gasteiger partial charge is 0.480 e. The summed E-state index contributed by atoms with van der Waals surface area (Å²) in [6.07, 6.45) is 0.666. The van der Waals surface area contributed by atoms with Crippen LogP contribution in [0.3, 0.4) is 0 Å². The van der Waals surface area contributed by atoms with E-state index < -0.39 is 23.9 Å². The van der Waals surface area contributed by atoms with Gasteiger partial charge in [-0.05, 0) is 36.9 Å². The van der Waals surface area contributed by atoms with Crippen LogP contribution in [0.2, 0.25) is 0 Å². The number of hydrogen-bond donors (Lipinski definition) is 3. The van der Waals surface area contributed by atoms with Crippen LogP contribution < -0.4 is 0 Å². The lowest BCUT2D eigenvalue weighted by Crippen LogP contribution is -2.44. The van der Waals surface area contributed by atoms with E-state index in [4.69, 9.17) is 0 Å². The molecule has 2 saturated heterocycles. The zero-order valence-electron chi connectivity index (χ0n) is 13.4. The molecule has 2 unspecified atom stereocenters. The molecule has 1 aromatic rings. The summed E-state index contributed by atoms with van der Waals surface area (Å²) in [4.78, 5) is 14.8. The van der Waals surface area contributed by atoms with E-state index in [1.165, 1.54) is 11.9 Å². The molecule has 3 atom stereocenters. The van der Waals surface area contributed by atoms with Crippen molar-refractivity contribution in [2.45, 2.75) is 37.3 Å². The van der Waals surface area contributed by atoms with Crippen LogP contribution in [0.1, 0.15) is 18.4 Å². The highest BCUT2D eigenvalue weighted by Gasteiger charge is 2.39. The van der Waals surface area contributed by atoms with Gasteiger partial charge in [0.2, 0.25) is 0 Å². The molecule has 2 fully saturated rings. The van der Waals surface area contributed by atoms with Crippen LogP contribution >= 0.6 is 11.9 Å². The Bertz CT molecular complexity index is 562. The number of rotatable bonds is 6. The van der Waals surface area contributed by atoms with Crippen molar-refractivity contribution in [3.05, 3.63) is 35.9 Å². The van der Waals surface area contributed by atoms with Gasteiger partial charge < -0.3 is 15.3 Å². The van der Waals surface area contributed by atoms with Gasteiger partial charge in [-0.25, -0.2) is 9.21 Å². The Morgan fingerprint density at radius 3 is 2.67 bits per heavy atom. The standard InChI is InChI=1S/C16H23N3O4S/c20-14(21)13-7-4-8-17(13)9-10-19-15(22)18(16(23)24-19)11-12-5-2-1-3-6-12/h1-3,5-6,13,15-16,22-23H,4,7-11H2,(H,20,21)/t13-,15?,16?/m0/s1. The van der Waals surface area contributed by atoms with E-state index >= 15 is 0 Å². The van der Waals surface area contributed by atoms with Crippen molar-refractivity contribution in [3.8, 4) is 0 Å². The summed E-state index contributed by atoms with van der Waals surface area (Å²) >= 11 is 1.18. The molecule has 7 nitrogen and oxygen atoms in total. The van der Waals surface area contributed by atoms with Gasteiger partial charge in [0.1, 0.15) is 6.04 Å². The number of aliphatic hydroxyl groups is 2. The molecule has 1 aromatic carbocycles. The molecule has 3 rings (SSSR count). The SMILES string of the molecule is O=C(O)[C@@H]1CCCN1CCN1SC(O)N(Cc2ccccc2)C1O. The Kier molecular flexibility index (Phi) is 5.75. The Balaban J connectivity index is 1.55. The molecule has 0 radical (unpaired) electrons. The van der Waals surface area contributed by atoms with Crippen LogP contribution in [0.15, 0.2) is 30.3 Å². The third-order valence-corrected chi connectivity index (χ3v) is 5.63. The Morgan fingerprint density at radius 2 is 1.96 bits per heavy atom. The fraction of sp³-hybridized carbons (Fsp3) is 0.562. The smallest absolute Gasteiger partial charge is 0.320 e. The zero-order valence-corrected chi connectivity index (χ0v) is 14.2. The highest BCUT2D eigenvalue weighted by atomic mass is 32.2. The number of benzene rings is 1. The lowest BCUT2D eigenvalue weighted by atomic mass is 10.2. The minimum Gasteiger partial charge on any atom is -0.480 e. The normalized spacial score (nSPS) is 29.3. The van der Waals surface area contributed by atoms with Crippen LogP contribution in [-0.4, -0.2) is 73.0 Å². The van der Waals surface area contributed by atoms with Gasteiger partial charge in [-0.15, -0.1) is 0 Å². The second kappa shape index (κ2) is 7.81. The summed E-state index contributed by atoms with van der Waals surface area (Å²) in [6.45, 7) is 2.28. The third-order valence-electron chi connectivity index (χ3n) is 4.53. The van der Waals surface area contributed by atoms with Gasteiger partial charge in [0.15, 0.2) is 11.9 Å². The first kappa shape index (κ1) is 17.7. The van der Waals surface area contributed by atoms with Crippen molar-refractivity contribution in [1.29, 1.82) is 0 Å². The van der Waals surface area contributed by atoms with Crippen LogP contribution in [0.4, 0.5) is 0 Å². The first-order valence-corrected chi connectivity index (χ1v) is 8.96. The predicted molar refractivity (Wildman–Crippen MR) is 90.5 cm³/mol. The van der Waals surface area contributed by atoms with Gasteiger partial charge in [0.05, 0.1) is 0 Å². The molecule has 2 aliphatic rings. The first-order chi connectivity index (χ1) is 11.6. The third kappa shape index (κ3) is 3.90. The summed E-state index contributed by atoms with van der Waals surface area (Å²) in [5, 5.41) is 29.9. The Labute approximate surface area is 145 Å². The number of carboxylic acids is 1. The summed E-state index contributed by atoms with van der Waals surface area (Å²) in [7, 11) is 0. The fourth-order valence-electron chi connectivity index (χ4n) is 3.24. The first-order valence-electron chi connectivity index (χ1n) is 8.12. The number of likely N-dealkylation sites (tertiary alicyclic amines) is 1. The van der Waals surface area contributed by atoms with Gasteiger partial charge in [-0.2, -0.15) is 0 Å². The molecule has 8 heteroatoms. The van der Waals surface area contributed by atoms with Gasteiger partial charge in [0, 0.05) is 19.6 Å². The Morgan fingerprint density at radius 1 is 1.21 bits per heavy atom. The minimum absolute atomic E-state index is 0.430. The summed E-state index contributed by atoms with van der Waals surface area (Å²) in [5.74, 6) is -0.784. The summed E-state index contributed by atoms with van der Waals surface area (Å²) in [5.41, 5.74) is 0.206. The fourth-order valence-corrected chi connectivity index (χ4v) is 4.20. The highest BCUT2D eigenvalue weighted by molar-refractivity contribution is 7.97. The molecule has 132 valence electrons. The molecule has 2 aliphatic heterocycles. The number of aliphatic hydroxyl groups excluding tert-OH is 2. The monoisotopic (exact) mass is 353 g/mol. The minimum atomic E-state index is -0.893. The van der Waals surface area contributed by atoms with Gasteiger partial charge in [-0.3, -0.25) is 9.69 Å². The summed E-state index contributed by atoms with van der Waals surface area (Å²) < 4.78 is 1.71. The highest BCUT2D eigenvalue weighted by Crippen LogP contribution is 2.33. The molecule has 2 heterocycles. The quantitative estimate of drug-likeness (QED) is 0.639. The summed E-state index contributed by atoms with van der Waals surface area (Å²) in [6, 6.07) is 9.25. The van der Waals surface area contributed by atoms with Crippen molar-refractivity contribution < 1.29 is 20.1 Å². The number of aliphatic carboxylic acids is 1. The maximum absolute atomic E-state index is 11.2. The maximum atomic E-state index is 11.2. The molecule has 0 spiro atoms. The topological polar surface area (TPSA) is 87.5 Å². The molecule has 0 amide bonds. The second-order valence-electron chi connectivity index (χ2n) is 6.11. The van der Waals surface area contributed by atoms with Gasteiger partial charge in [-0.1, -0.05) is 30.3 Å². The van der Waals surface area contributed by atoms with Gasteiger partial charge >= 0.3 is 5.97 Å². The molecular formula is C16H23N3O4S. The van der Waals surface area contributed by atoms with Crippen molar-refractivity contribution in [1.82, 2.24) is 14.1 Å². The molecule has 0 saturated carbocycles. The average molecular weight is 353 g/mol. The van der Waals surface area contributed by atoms with Crippen LogP contribution in [0.5, 0.6) is 0 Å². The molecule has 3 N–H and O–H groups in total. The predicted octanol–water partition coefficient (Wildman–Crippen LogP) is 0.553. The van der Waals surface area contributed by atoms with Crippen LogP contribution in [0.25, 0.3) is 0 Å². The van der Waals surface area contributed by atoms with Crippen molar-refractivity contribution in [3.63, 3.8) is 0 Å². The van der Waals surface area contributed by atoms with E-state index in [0.717, 1.165) is 18.5 Å². The molecule has 0 aliphatic carbocycles. The number of carbonyl (C=O) groups is 1.